The van der Waals surface area contributed by atoms with Crippen LogP contribution < -0.4 is 4.57 Å². The van der Waals surface area contributed by atoms with Gasteiger partial charge in [-0.3, -0.25) is 14.5 Å². The highest BCUT2D eigenvalue weighted by Crippen LogP contribution is 2.41. The summed E-state index contributed by atoms with van der Waals surface area (Å²) in [6.07, 6.45) is 6.75. The van der Waals surface area contributed by atoms with Gasteiger partial charge in [-0.15, -0.1) is 0 Å². The van der Waals surface area contributed by atoms with E-state index in [0.717, 1.165) is 12.0 Å². The first-order chi connectivity index (χ1) is 9.97. The lowest BCUT2D eigenvalue weighted by atomic mass is 9.76. The zero-order valence-corrected chi connectivity index (χ0v) is 12.7. The van der Waals surface area contributed by atoms with Crippen molar-refractivity contribution >= 4 is 11.8 Å². The Kier molecular flexibility index (Phi) is 3.40. The molecule has 0 N–H and O–H groups in total. The lowest BCUT2D eigenvalue weighted by Crippen LogP contribution is -2.33. The number of aryl methyl sites for hydroxylation is 1. The highest BCUT2D eigenvalue weighted by molar-refractivity contribution is 6.05. The Morgan fingerprint density at radius 2 is 2.10 bits per heavy atom. The maximum Gasteiger partial charge on any atom is 0.234 e. The van der Waals surface area contributed by atoms with Crippen LogP contribution in [0.25, 0.3) is 0 Å². The number of rotatable bonds is 2. The Balaban J connectivity index is 1.86. The van der Waals surface area contributed by atoms with E-state index in [1.807, 2.05) is 50.0 Å². The van der Waals surface area contributed by atoms with Crippen molar-refractivity contribution in [2.24, 2.45) is 24.8 Å². The topological polar surface area (TPSA) is 41.3 Å². The second kappa shape index (κ2) is 5.10. The Morgan fingerprint density at radius 3 is 2.81 bits per heavy atom. The van der Waals surface area contributed by atoms with Crippen LogP contribution in [0.15, 0.2) is 36.2 Å². The lowest BCUT2D eigenvalue weighted by Gasteiger charge is -2.25. The molecule has 0 aromatic carbocycles. The molecule has 0 bridgehead atoms. The number of hydrogen-bond donors (Lipinski definition) is 0. The average Bonchev–Trinajstić information content (AvgIpc) is 2.64. The van der Waals surface area contributed by atoms with Gasteiger partial charge < -0.3 is 0 Å². The number of carbonyl (C=O) groups is 2. The molecule has 4 heteroatoms. The van der Waals surface area contributed by atoms with Crippen LogP contribution in [0.3, 0.4) is 0 Å². The minimum absolute atomic E-state index is 0.00388. The summed E-state index contributed by atoms with van der Waals surface area (Å²) >= 11 is 0. The molecule has 0 spiro atoms. The number of likely N-dealkylation sites (tertiary alicyclic amines) is 1. The number of allylic oxidation sites excluding steroid dienone is 2. The van der Waals surface area contributed by atoms with Gasteiger partial charge in [0, 0.05) is 11.6 Å². The first kappa shape index (κ1) is 14.0. The number of carbonyl (C=O) groups excluding carboxylic acids is 2. The van der Waals surface area contributed by atoms with Gasteiger partial charge in [-0.2, -0.15) is 0 Å². The maximum absolute atomic E-state index is 12.6. The molecule has 2 heterocycles. The van der Waals surface area contributed by atoms with E-state index >= 15 is 0 Å². The van der Waals surface area contributed by atoms with Crippen molar-refractivity contribution in [2.75, 3.05) is 0 Å². The molecule has 3 rings (SSSR count). The average molecular weight is 285 g/mol. The van der Waals surface area contributed by atoms with Crippen LogP contribution in [-0.2, 0) is 23.2 Å². The van der Waals surface area contributed by atoms with E-state index in [4.69, 9.17) is 0 Å². The minimum atomic E-state index is -0.168. The molecule has 1 aromatic rings. The van der Waals surface area contributed by atoms with E-state index in [-0.39, 0.29) is 29.6 Å². The zero-order chi connectivity index (χ0) is 15.1. The zero-order valence-electron chi connectivity index (χ0n) is 12.7. The summed E-state index contributed by atoms with van der Waals surface area (Å²) in [5.74, 6) is -0.186. The summed E-state index contributed by atoms with van der Waals surface area (Å²) in [5.41, 5.74) is 2.20. The summed E-state index contributed by atoms with van der Waals surface area (Å²) in [6, 6.07) is 3.89. The molecule has 4 nitrogen and oxygen atoms in total. The molecule has 0 radical (unpaired) electrons. The molecular formula is C17H21N2O2+. The molecule has 1 saturated heterocycles. The van der Waals surface area contributed by atoms with E-state index in [0.29, 0.717) is 6.54 Å². The molecule has 3 atom stereocenters. The van der Waals surface area contributed by atoms with Crippen LogP contribution in [0.1, 0.15) is 25.8 Å². The molecule has 21 heavy (non-hydrogen) atoms. The lowest BCUT2D eigenvalue weighted by molar-refractivity contribution is -0.672. The second-order valence-electron chi connectivity index (χ2n) is 6.35. The number of pyridine rings is 1. The quantitative estimate of drug-likeness (QED) is 0.470. The van der Waals surface area contributed by atoms with Gasteiger partial charge in [0.2, 0.25) is 11.8 Å². The fourth-order valence-corrected chi connectivity index (χ4v) is 3.67. The predicted octanol–water partition coefficient (Wildman–Crippen LogP) is 1.60. The first-order valence-electron chi connectivity index (χ1n) is 7.44. The Morgan fingerprint density at radius 1 is 1.33 bits per heavy atom. The van der Waals surface area contributed by atoms with E-state index in [1.165, 1.54) is 10.5 Å². The summed E-state index contributed by atoms with van der Waals surface area (Å²) in [7, 11) is 1.94. The third-order valence-electron chi connectivity index (χ3n) is 4.57. The van der Waals surface area contributed by atoms with E-state index < -0.39 is 0 Å². The van der Waals surface area contributed by atoms with E-state index in [1.54, 1.807) is 0 Å². The van der Waals surface area contributed by atoms with Crippen LogP contribution >= 0.6 is 0 Å². The van der Waals surface area contributed by atoms with E-state index in [9.17, 15) is 9.59 Å². The van der Waals surface area contributed by atoms with Gasteiger partial charge in [-0.1, -0.05) is 18.6 Å². The van der Waals surface area contributed by atoms with Gasteiger partial charge >= 0.3 is 0 Å². The summed E-state index contributed by atoms with van der Waals surface area (Å²) in [4.78, 5) is 26.7. The molecule has 0 unspecified atom stereocenters. The van der Waals surface area contributed by atoms with Crippen molar-refractivity contribution in [3.8, 4) is 0 Å². The van der Waals surface area contributed by atoms with Crippen molar-refractivity contribution in [2.45, 2.75) is 26.8 Å². The van der Waals surface area contributed by atoms with E-state index in [2.05, 4.69) is 6.08 Å². The molecule has 1 aliphatic carbocycles. The number of fused-ring (bicyclic) bond motifs is 1. The SMILES string of the molecule is CC1=C[C@@H](C)[C@H]2C(=O)N(Cc3ccc[n+](C)c3)C(=O)[C@@H]2C1. The number of amides is 2. The van der Waals surface area contributed by atoms with Crippen molar-refractivity contribution in [3.63, 3.8) is 0 Å². The monoisotopic (exact) mass is 285 g/mol. The van der Waals surface area contributed by atoms with Crippen LogP contribution in [0.2, 0.25) is 0 Å². The van der Waals surface area contributed by atoms with Gasteiger partial charge in [-0.05, 0) is 25.3 Å². The normalized spacial score (nSPS) is 28.6. The summed E-state index contributed by atoms with van der Waals surface area (Å²) in [6.45, 7) is 4.47. The van der Waals surface area contributed by atoms with Gasteiger partial charge in [0.05, 0.1) is 18.4 Å². The third kappa shape index (κ3) is 2.39. The Hall–Kier alpha value is -1.97. The van der Waals surface area contributed by atoms with Crippen LogP contribution in [0.5, 0.6) is 0 Å². The minimum Gasteiger partial charge on any atom is -0.277 e. The number of aromatic nitrogens is 1. The molecule has 1 aliphatic heterocycles. The highest BCUT2D eigenvalue weighted by atomic mass is 16.2. The maximum atomic E-state index is 12.6. The second-order valence-corrected chi connectivity index (χ2v) is 6.35. The van der Waals surface area contributed by atoms with Gasteiger partial charge in [0.25, 0.3) is 0 Å². The highest BCUT2D eigenvalue weighted by Gasteiger charge is 2.50. The van der Waals surface area contributed by atoms with Gasteiger partial charge in [0.15, 0.2) is 12.4 Å². The molecule has 1 fully saturated rings. The summed E-state index contributed by atoms with van der Waals surface area (Å²) in [5, 5.41) is 0. The number of imide groups is 1. The first-order valence-corrected chi connectivity index (χ1v) is 7.44. The van der Waals surface area contributed by atoms with Crippen molar-refractivity contribution in [1.82, 2.24) is 4.90 Å². The van der Waals surface area contributed by atoms with Crippen molar-refractivity contribution in [3.05, 3.63) is 41.7 Å². The molecule has 0 saturated carbocycles. The standard InChI is InChI=1S/C17H21N2O2/c1-11-7-12(2)15-14(8-11)16(20)19(17(15)21)10-13-5-4-6-18(3)9-13/h4-7,9,12,14-15H,8,10H2,1-3H3/q+1/t12-,14-,15-/m1/s1. The van der Waals surface area contributed by atoms with Crippen LogP contribution in [0.4, 0.5) is 0 Å². The predicted molar refractivity (Wildman–Crippen MR) is 77.7 cm³/mol. The van der Waals surface area contributed by atoms with Gasteiger partial charge in [0.1, 0.15) is 7.05 Å². The molecule has 2 amide bonds. The van der Waals surface area contributed by atoms with Crippen molar-refractivity contribution in [1.29, 1.82) is 0 Å². The molecule has 2 aliphatic rings. The number of hydrogen-bond acceptors (Lipinski definition) is 2. The fraction of sp³-hybridized carbons (Fsp3) is 0.471. The molecule has 1 aromatic heterocycles. The largest absolute Gasteiger partial charge is 0.277 e. The smallest absolute Gasteiger partial charge is 0.234 e. The van der Waals surface area contributed by atoms with Crippen LogP contribution in [-0.4, -0.2) is 16.7 Å². The Labute approximate surface area is 125 Å². The third-order valence-corrected chi connectivity index (χ3v) is 4.57. The summed E-state index contributed by atoms with van der Waals surface area (Å²) < 4.78 is 1.93. The molecular weight excluding hydrogens is 264 g/mol. The number of nitrogens with zero attached hydrogens (tertiary/aromatic N) is 2. The van der Waals surface area contributed by atoms with Crippen LogP contribution in [0, 0.1) is 17.8 Å². The fourth-order valence-electron chi connectivity index (χ4n) is 3.67. The van der Waals surface area contributed by atoms with Gasteiger partial charge in [-0.25, -0.2) is 4.57 Å². The Bertz CT molecular complexity index is 635. The molecule has 110 valence electrons. The van der Waals surface area contributed by atoms with Crippen molar-refractivity contribution < 1.29 is 14.2 Å².